The van der Waals surface area contributed by atoms with Crippen LogP contribution in [-0.2, 0) is 20.4 Å². The summed E-state index contributed by atoms with van der Waals surface area (Å²) in [5, 5.41) is 9.78. The molecule has 2 aliphatic heterocycles. The smallest absolute Gasteiger partial charge is 0.273 e. The average molecular weight is 535 g/mol. The number of sulfonamides is 1. The first kappa shape index (κ1) is 25.2. The van der Waals surface area contributed by atoms with Gasteiger partial charge in [-0.15, -0.1) is 11.6 Å². The topological polar surface area (TPSA) is 122 Å². The number of benzene rings is 1. The Balaban J connectivity index is 1.25. The molecule has 1 aliphatic carbocycles. The first-order chi connectivity index (χ1) is 17.1. The van der Waals surface area contributed by atoms with E-state index in [9.17, 15) is 18.0 Å². The van der Waals surface area contributed by atoms with Crippen LogP contribution in [0, 0.1) is 0 Å². The molecule has 0 radical (unpaired) electrons. The Morgan fingerprint density at radius 3 is 2.33 bits per heavy atom. The van der Waals surface area contributed by atoms with Crippen molar-refractivity contribution in [2.75, 3.05) is 5.88 Å². The fourth-order valence-electron chi connectivity index (χ4n) is 5.48. The summed E-state index contributed by atoms with van der Waals surface area (Å²) in [4.78, 5) is 24.7. The Hall–Kier alpha value is -2.43. The molecule has 2 bridgehead atoms. The molecule has 5 rings (SSSR count). The number of carbonyl (C=O) groups is 2. The van der Waals surface area contributed by atoms with E-state index >= 15 is 0 Å². The second kappa shape index (κ2) is 9.46. The molecule has 2 saturated heterocycles. The number of amides is 2. The number of aromatic nitrogens is 1. The number of hydrogen-bond donors (Lipinski definition) is 2. The van der Waals surface area contributed by atoms with E-state index in [1.807, 2.05) is 13.8 Å². The molecule has 3 heterocycles. The number of rotatable bonds is 8. The van der Waals surface area contributed by atoms with Gasteiger partial charge in [0.15, 0.2) is 5.69 Å². The van der Waals surface area contributed by atoms with Crippen molar-refractivity contribution in [2.24, 2.45) is 0 Å². The second-order valence-corrected chi connectivity index (χ2v) is 12.7. The van der Waals surface area contributed by atoms with E-state index in [0.717, 1.165) is 37.0 Å². The van der Waals surface area contributed by atoms with Gasteiger partial charge in [-0.05, 0) is 70.1 Å². The van der Waals surface area contributed by atoms with Crippen LogP contribution in [0.2, 0.25) is 0 Å². The van der Waals surface area contributed by atoms with E-state index in [4.69, 9.17) is 16.1 Å². The SMILES string of the molecule is CC(C)(NC(=O)CCl)c1ccc(S(=O)(=O)N2C3CCC2CC(NC(=O)c2cc(C4CC4)on2)C3)cc1. The third kappa shape index (κ3) is 4.90. The summed E-state index contributed by atoms with van der Waals surface area (Å²) in [6.07, 6.45) is 4.78. The zero-order chi connectivity index (χ0) is 25.7. The van der Waals surface area contributed by atoms with Crippen LogP contribution in [-0.4, -0.2) is 53.7 Å². The van der Waals surface area contributed by atoms with Crippen molar-refractivity contribution in [1.82, 2.24) is 20.1 Å². The summed E-state index contributed by atoms with van der Waals surface area (Å²) in [6, 6.07) is 7.90. The lowest BCUT2D eigenvalue weighted by molar-refractivity contribution is -0.120. The zero-order valence-corrected chi connectivity index (χ0v) is 21.9. The molecule has 2 atom stereocenters. The fourth-order valence-corrected chi connectivity index (χ4v) is 7.44. The molecule has 1 aromatic carbocycles. The molecule has 2 aromatic rings. The number of nitrogens with zero attached hydrogens (tertiary/aromatic N) is 2. The largest absolute Gasteiger partial charge is 0.360 e. The second-order valence-electron chi connectivity index (χ2n) is 10.6. The normalized spacial score (nSPS) is 24.5. The molecule has 194 valence electrons. The molecule has 2 unspecified atom stereocenters. The van der Waals surface area contributed by atoms with Gasteiger partial charge < -0.3 is 15.2 Å². The molecule has 2 amide bonds. The Morgan fingerprint density at radius 1 is 1.11 bits per heavy atom. The maximum absolute atomic E-state index is 13.6. The number of halogens is 1. The van der Waals surface area contributed by atoms with E-state index in [1.165, 1.54) is 0 Å². The average Bonchev–Trinajstić information content (AvgIpc) is 3.50. The van der Waals surface area contributed by atoms with Crippen LogP contribution in [0.1, 0.15) is 80.1 Å². The Kier molecular flexibility index (Phi) is 6.63. The summed E-state index contributed by atoms with van der Waals surface area (Å²) in [5.74, 6) is 0.433. The highest BCUT2D eigenvalue weighted by atomic mass is 35.5. The van der Waals surface area contributed by atoms with Crippen molar-refractivity contribution < 1.29 is 22.5 Å². The molecule has 9 nitrogen and oxygen atoms in total. The van der Waals surface area contributed by atoms with E-state index in [-0.39, 0.29) is 46.4 Å². The van der Waals surface area contributed by atoms with Gasteiger partial charge >= 0.3 is 0 Å². The van der Waals surface area contributed by atoms with E-state index in [0.29, 0.717) is 18.8 Å². The first-order valence-corrected chi connectivity index (χ1v) is 14.3. The van der Waals surface area contributed by atoms with Gasteiger partial charge in [0.05, 0.1) is 10.4 Å². The molecule has 11 heteroatoms. The summed E-state index contributed by atoms with van der Waals surface area (Å²) < 4.78 is 34.1. The number of fused-ring (bicyclic) bond motifs is 2. The molecule has 36 heavy (non-hydrogen) atoms. The maximum Gasteiger partial charge on any atom is 0.273 e. The van der Waals surface area contributed by atoms with E-state index < -0.39 is 15.6 Å². The number of carbonyl (C=O) groups excluding carboxylic acids is 2. The summed E-state index contributed by atoms with van der Waals surface area (Å²) >= 11 is 5.61. The Labute approximate surface area is 216 Å². The quantitative estimate of drug-likeness (QED) is 0.501. The minimum atomic E-state index is -3.71. The standard InChI is InChI=1S/C25H31ClN4O5S/c1-25(2,28-23(31)14-26)16-5-9-20(10-6-16)36(33,34)30-18-7-8-19(30)12-17(11-18)27-24(32)21-13-22(35-29-21)15-3-4-15/h5-6,9-10,13,15,17-19H,3-4,7-8,11-12,14H2,1-2H3,(H,27,32)(H,28,31). The minimum absolute atomic E-state index is 0.115. The van der Waals surface area contributed by atoms with Crippen molar-refractivity contribution in [1.29, 1.82) is 0 Å². The highest BCUT2D eigenvalue weighted by Gasteiger charge is 2.47. The fraction of sp³-hybridized carbons (Fsp3) is 0.560. The van der Waals surface area contributed by atoms with Gasteiger partial charge in [0.1, 0.15) is 11.6 Å². The number of nitrogens with one attached hydrogen (secondary N) is 2. The van der Waals surface area contributed by atoms with Crippen molar-refractivity contribution in [3.63, 3.8) is 0 Å². The number of hydrogen-bond acceptors (Lipinski definition) is 6. The molecule has 1 aromatic heterocycles. The van der Waals surface area contributed by atoms with Gasteiger partial charge in [-0.25, -0.2) is 8.42 Å². The molecular weight excluding hydrogens is 504 g/mol. The molecule has 3 aliphatic rings. The lowest BCUT2D eigenvalue weighted by Crippen LogP contribution is -2.52. The summed E-state index contributed by atoms with van der Waals surface area (Å²) in [6.45, 7) is 3.68. The third-order valence-corrected chi connectivity index (χ3v) is 9.73. The van der Waals surface area contributed by atoms with Gasteiger partial charge in [-0.3, -0.25) is 9.59 Å². The molecule has 0 spiro atoms. The predicted octanol–water partition coefficient (Wildman–Crippen LogP) is 3.26. The van der Waals surface area contributed by atoms with Crippen LogP contribution < -0.4 is 10.6 Å². The molecule has 1 saturated carbocycles. The monoisotopic (exact) mass is 534 g/mol. The maximum atomic E-state index is 13.6. The predicted molar refractivity (Wildman–Crippen MR) is 133 cm³/mol. The van der Waals surface area contributed by atoms with Crippen molar-refractivity contribution in [2.45, 2.75) is 86.9 Å². The van der Waals surface area contributed by atoms with E-state index in [1.54, 1.807) is 34.6 Å². The van der Waals surface area contributed by atoms with Crippen LogP contribution in [0.15, 0.2) is 39.8 Å². The zero-order valence-electron chi connectivity index (χ0n) is 20.4. The van der Waals surface area contributed by atoms with Crippen molar-refractivity contribution in [3.8, 4) is 0 Å². The van der Waals surface area contributed by atoms with Crippen LogP contribution in [0.5, 0.6) is 0 Å². The van der Waals surface area contributed by atoms with Crippen LogP contribution in [0.4, 0.5) is 0 Å². The lowest BCUT2D eigenvalue weighted by atomic mass is 9.94. The van der Waals surface area contributed by atoms with Gasteiger partial charge in [0.2, 0.25) is 15.9 Å². The third-order valence-electron chi connectivity index (χ3n) is 7.47. The lowest BCUT2D eigenvalue weighted by Gasteiger charge is -2.38. The Bertz CT molecular complexity index is 1240. The van der Waals surface area contributed by atoms with Crippen LogP contribution >= 0.6 is 11.6 Å². The number of alkyl halides is 1. The van der Waals surface area contributed by atoms with E-state index in [2.05, 4.69) is 15.8 Å². The molecular formula is C25H31ClN4O5S. The molecule has 2 N–H and O–H groups in total. The number of piperidine rings is 1. The van der Waals surface area contributed by atoms with Gasteiger partial charge in [-0.1, -0.05) is 17.3 Å². The van der Waals surface area contributed by atoms with Crippen LogP contribution in [0.3, 0.4) is 0 Å². The minimum Gasteiger partial charge on any atom is -0.360 e. The van der Waals surface area contributed by atoms with Gasteiger partial charge in [-0.2, -0.15) is 4.31 Å². The highest BCUT2D eigenvalue weighted by molar-refractivity contribution is 7.89. The molecule has 3 fully saturated rings. The highest BCUT2D eigenvalue weighted by Crippen LogP contribution is 2.41. The Morgan fingerprint density at radius 2 is 1.75 bits per heavy atom. The van der Waals surface area contributed by atoms with Crippen LogP contribution in [0.25, 0.3) is 0 Å². The van der Waals surface area contributed by atoms with Crippen molar-refractivity contribution >= 4 is 33.4 Å². The summed E-state index contributed by atoms with van der Waals surface area (Å²) in [5.41, 5.74) is 0.374. The van der Waals surface area contributed by atoms with Crippen molar-refractivity contribution in [3.05, 3.63) is 47.3 Å². The van der Waals surface area contributed by atoms with Gasteiger partial charge in [0.25, 0.3) is 5.91 Å². The summed E-state index contributed by atoms with van der Waals surface area (Å²) in [7, 11) is -3.71. The first-order valence-electron chi connectivity index (χ1n) is 12.4. The van der Waals surface area contributed by atoms with Gasteiger partial charge in [0, 0.05) is 30.1 Å².